The summed E-state index contributed by atoms with van der Waals surface area (Å²) >= 11 is 5.93. The third kappa shape index (κ3) is 3.97. The Kier molecular flexibility index (Phi) is 5.43. The number of methoxy groups -OCH3 is 1. The summed E-state index contributed by atoms with van der Waals surface area (Å²) in [6, 6.07) is 12.1. The van der Waals surface area contributed by atoms with E-state index in [1.807, 2.05) is 6.92 Å². The fraction of sp³-hybridized carbons (Fsp3) is 0.158. The zero-order valence-electron chi connectivity index (χ0n) is 14.3. The van der Waals surface area contributed by atoms with Crippen molar-refractivity contribution in [3.63, 3.8) is 0 Å². The van der Waals surface area contributed by atoms with Gasteiger partial charge in [-0.3, -0.25) is 4.79 Å². The van der Waals surface area contributed by atoms with Crippen LogP contribution < -0.4 is 14.9 Å². The largest absolute Gasteiger partial charge is 0.493 e. The van der Waals surface area contributed by atoms with E-state index in [1.165, 1.54) is 6.21 Å². The molecular formula is C19H17ClN2O4. The molecule has 0 saturated heterocycles. The Morgan fingerprint density at radius 3 is 2.85 bits per heavy atom. The molecule has 3 rings (SSSR count). The van der Waals surface area contributed by atoms with Crippen LogP contribution in [0.15, 0.2) is 52.0 Å². The minimum absolute atomic E-state index is 0.157. The highest BCUT2D eigenvalue weighted by atomic mass is 35.5. The number of carbonyl (C=O) groups excluding carboxylic acids is 1. The quantitative estimate of drug-likeness (QED) is 0.518. The lowest BCUT2D eigenvalue weighted by molar-refractivity contribution is 0.0929. The van der Waals surface area contributed by atoms with Crippen molar-refractivity contribution in [2.24, 2.45) is 5.10 Å². The first-order valence-corrected chi connectivity index (χ1v) is 8.32. The van der Waals surface area contributed by atoms with Crippen LogP contribution in [0, 0.1) is 0 Å². The molecule has 1 heterocycles. The lowest BCUT2D eigenvalue weighted by atomic mass is 10.2. The molecule has 1 aromatic heterocycles. The van der Waals surface area contributed by atoms with Crippen LogP contribution in [0.1, 0.15) is 23.0 Å². The highest BCUT2D eigenvalue weighted by Crippen LogP contribution is 2.27. The van der Waals surface area contributed by atoms with Gasteiger partial charge in [0, 0.05) is 10.4 Å². The van der Waals surface area contributed by atoms with Crippen LogP contribution in [-0.2, 0) is 0 Å². The number of fused-ring (bicyclic) bond motifs is 1. The number of halogens is 1. The summed E-state index contributed by atoms with van der Waals surface area (Å²) in [6.45, 7) is 2.41. The molecule has 6 nitrogen and oxygen atoms in total. The molecule has 0 radical (unpaired) electrons. The number of nitrogens with one attached hydrogen (secondary N) is 1. The summed E-state index contributed by atoms with van der Waals surface area (Å²) in [7, 11) is 1.58. The number of amides is 1. The molecule has 0 atom stereocenters. The van der Waals surface area contributed by atoms with Crippen LogP contribution in [-0.4, -0.2) is 25.8 Å². The summed E-state index contributed by atoms with van der Waals surface area (Å²) < 4.78 is 16.2. The Bertz CT molecular complexity index is 965. The van der Waals surface area contributed by atoms with Gasteiger partial charge < -0.3 is 13.9 Å². The number of hydrazone groups is 1. The number of hydrogen-bond donors (Lipinski definition) is 1. The van der Waals surface area contributed by atoms with Crippen molar-refractivity contribution in [1.82, 2.24) is 5.43 Å². The van der Waals surface area contributed by atoms with E-state index in [0.29, 0.717) is 28.7 Å². The van der Waals surface area contributed by atoms with E-state index >= 15 is 0 Å². The van der Waals surface area contributed by atoms with E-state index in [2.05, 4.69) is 10.5 Å². The molecule has 1 N–H and O–H groups in total. The van der Waals surface area contributed by atoms with Crippen LogP contribution >= 0.6 is 11.6 Å². The van der Waals surface area contributed by atoms with Gasteiger partial charge in [-0.05, 0) is 55.0 Å². The Labute approximate surface area is 155 Å². The van der Waals surface area contributed by atoms with E-state index in [-0.39, 0.29) is 5.76 Å². The van der Waals surface area contributed by atoms with Gasteiger partial charge in [0.15, 0.2) is 17.3 Å². The molecule has 2 aromatic carbocycles. The number of furan rings is 1. The topological polar surface area (TPSA) is 73.1 Å². The number of hydrogen-bond acceptors (Lipinski definition) is 5. The Hall–Kier alpha value is -2.99. The van der Waals surface area contributed by atoms with E-state index in [4.69, 9.17) is 25.5 Å². The molecule has 0 aliphatic carbocycles. The fourth-order valence-electron chi connectivity index (χ4n) is 2.39. The Balaban J connectivity index is 1.71. The first kappa shape index (κ1) is 17.8. The number of nitrogens with zero attached hydrogens (tertiary/aromatic N) is 1. The summed E-state index contributed by atoms with van der Waals surface area (Å²) in [4.78, 5) is 12.2. The summed E-state index contributed by atoms with van der Waals surface area (Å²) in [5, 5.41) is 5.29. The minimum Gasteiger partial charge on any atom is -0.493 e. The number of benzene rings is 2. The average Bonchev–Trinajstić information content (AvgIpc) is 3.05. The maximum absolute atomic E-state index is 12.2. The molecule has 0 aliphatic heterocycles. The SMILES string of the molecule is CCOc1cc(/C=N\NC(=O)c2cc3cc(Cl)ccc3o2)ccc1OC. The Morgan fingerprint density at radius 2 is 2.08 bits per heavy atom. The highest BCUT2D eigenvalue weighted by Gasteiger charge is 2.12. The lowest BCUT2D eigenvalue weighted by Crippen LogP contribution is -2.16. The van der Waals surface area contributed by atoms with E-state index < -0.39 is 5.91 Å². The second kappa shape index (κ2) is 7.93. The van der Waals surface area contributed by atoms with Gasteiger partial charge in [0.25, 0.3) is 0 Å². The zero-order valence-corrected chi connectivity index (χ0v) is 15.0. The maximum atomic E-state index is 12.2. The second-order valence-electron chi connectivity index (χ2n) is 5.34. The monoisotopic (exact) mass is 372 g/mol. The highest BCUT2D eigenvalue weighted by molar-refractivity contribution is 6.31. The van der Waals surface area contributed by atoms with Gasteiger partial charge in [0.1, 0.15) is 5.58 Å². The molecular weight excluding hydrogens is 356 g/mol. The molecule has 0 bridgehead atoms. The molecule has 3 aromatic rings. The third-order valence-corrected chi connectivity index (χ3v) is 3.80. The van der Waals surface area contributed by atoms with E-state index in [9.17, 15) is 4.79 Å². The van der Waals surface area contributed by atoms with Gasteiger partial charge in [-0.25, -0.2) is 5.43 Å². The molecule has 134 valence electrons. The summed E-state index contributed by atoms with van der Waals surface area (Å²) in [5.74, 6) is 0.949. The van der Waals surface area contributed by atoms with Crippen molar-refractivity contribution >= 4 is 34.7 Å². The van der Waals surface area contributed by atoms with E-state index in [1.54, 1.807) is 49.6 Å². The van der Waals surface area contributed by atoms with Crippen molar-refractivity contribution in [2.45, 2.75) is 6.92 Å². The first-order chi connectivity index (χ1) is 12.6. The molecule has 0 unspecified atom stereocenters. The zero-order chi connectivity index (χ0) is 18.5. The van der Waals surface area contributed by atoms with Crippen LogP contribution in [0.4, 0.5) is 0 Å². The summed E-state index contributed by atoms with van der Waals surface area (Å²) in [6.07, 6.45) is 1.51. The van der Waals surface area contributed by atoms with Crippen LogP contribution in [0.5, 0.6) is 11.5 Å². The predicted octanol–water partition coefficient (Wildman–Crippen LogP) is 4.26. The number of ether oxygens (including phenoxy) is 2. The fourth-order valence-corrected chi connectivity index (χ4v) is 2.57. The molecule has 7 heteroatoms. The smallest absolute Gasteiger partial charge is 0.307 e. The van der Waals surface area contributed by atoms with Gasteiger partial charge in [-0.1, -0.05) is 11.6 Å². The van der Waals surface area contributed by atoms with Crippen molar-refractivity contribution in [1.29, 1.82) is 0 Å². The number of rotatable bonds is 6. The van der Waals surface area contributed by atoms with Gasteiger partial charge in [0.2, 0.25) is 0 Å². The van der Waals surface area contributed by atoms with E-state index in [0.717, 1.165) is 10.9 Å². The standard InChI is InChI=1S/C19H17ClN2O4/c1-3-25-17-8-12(4-6-16(17)24-2)11-21-22-19(23)18-10-13-9-14(20)5-7-15(13)26-18/h4-11H,3H2,1-2H3,(H,22,23)/b21-11-. The maximum Gasteiger partial charge on any atom is 0.307 e. The normalized spacial score (nSPS) is 11.0. The van der Waals surface area contributed by atoms with Gasteiger partial charge in [0.05, 0.1) is 19.9 Å². The van der Waals surface area contributed by atoms with Crippen LogP contribution in [0.25, 0.3) is 11.0 Å². The number of carbonyl (C=O) groups is 1. The van der Waals surface area contributed by atoms with Crippen molar-refractivity contribution in [3.05, 3.63) is 58.8 Å². The molecule has 26 heavy (non-hydrogen) atoms. The van der Waals surface area contributed by atoms with Crippen molar-refractivity contribution < 1.29 is 18.7 Å². The third-order valence-electron chi connectivity index (χ3n) is 3.57. The lowest BCUT2D eigenvalue weighted by Gasteiger charge is -2.09. The molecule has 1 amide bonds. The van der Waals surface area contributed by atoms with Gasteiger partial charge in [-0.2, -0.15) is 5.10 Å². The summed E-state index contributed by atoms with van der Waals surface area (Å²) in [5.41, 5.74) is 3.77. The van der Waals surface area contributed by atoms with Gasteiger partial charge >= 0.3 is 5.91 Å². The first-order valence-electron chi connectivity index (χ1n) is 7.94. The molecule has 0 aliphatic rings. The predicted molar refractivity (Wildman–Crippen MR) is 100 cm³/mol. The van der Waals surface area contributed by atoms with Crippen LogP contribution in [0.3, 0.4) is 0 Å². The van der Waals surface area contributed by atoms with Crippen LogP contribution in [0.2, 0.25) is 5.02 Å². The second-order valence-corrected chi connectivity index (χ2v) is 5.77. The van der Waals surface area contributed by atoms with Crippen molar-refractivity contribution in [3.8, 4) is 11.5 Å². The van der Waals surface area contributed by atoms with Gasteiger partial charge in [-0.15, -0.1) is 0 Å². The van der Waals surface area contributed by atoms with Crippen molar-refractivity contribution in [2.75, 3.05) is 13.7 Å². The molecule has 0 spiro atoms. The Morgan fingerprint density at radius 1 is 1.23 bits per heavy atom. The average molecular weight is 373 g/mol. The molecule has 0 fully saturated rings. The molecule has 0 saturated carbocycles. The minimum atomic E-state index is -0.452.